The highest BCUT2D eigenvalue weighted by Gasteiger charge is 2.19. The quantitative estimate of drug-likeness (QED) is 0.822. The number of aromatic nitrogens is 2. The summed E-state index contributed by atoms with van der Waals surface area (Å²) < 4.78 is 13.7. The Hall–Kier alpha value is -0.520. The van der Waals surface area contributed by atoms with Gasteiger partial charge < -0.3 is 10.5 Å². The Balaban J connectivity index is 1.75. The lowest BCUT2D eigenvalue weighted by atomic mass is 9.94. The van der Waals surface area contributed by atoms with Crippen LogP contribution in [-0.4, -0.2) is 20.9 Å². The average molecular weight is 213 g/mol. The molecule has 0 spiro atoms. The van der Waals surface area contributed by atoms with Crippen molar-refractivity contribution in [1.82, 2.24) is 8.75 Å². The number of rotatable bonds is 3. The van der Waals surface area contributed by atoms with Gasteiger partial charge in [0, 0.05) is 6.04 Å². The molecule has 14 heavy (non-hydrogen) atoms. The van der Waals surface area contributed by atoms with Gasteiger partial charge in [-0.05, 0) is 25.7 Å². The molecule has 0 aliphatic heterocycles. The number of ether oxygens (including phenoxy) is 1. The highest BCUT2D eigenvalue weighted by atomic mass is 32.1. The van der Waals surface area contributed by atoms with Crippen LogP contribution in [0.2, 0.25) is 0 Å². The van der Waals surface area contributed by atoms with Crippen molar-refractivity contribution < 1.29 is 4.74 Å². The Morgan fingerprint density at radius 1 is 1.57 bits per heavy atom. The van der Waals surface area contributed by atoms with Crippen LogP contribution in [0.4, 0.5) is 0 Å². The second-order valence-corrected chi connectivity index (χ2v) is 4.32. The number of nitrogens with two attached hydrogens (primary N) is 1. The fourth-order valence-corrected chi connectivity index (χ4v) is 2.20. The highest BCUT2D eigenvalue weighted by molar-refractivity contribution is 6.99. The summed E-state index contributed by atoms with van der Waals surface area (Å²) in [5, 5.41) is 0. The molecule has 0 radical (unpaired) electrons. The summed E-state index contributed by atoms with van der Waals surface area (Å²) in [4.78, 5) is 0. The summed E-state index contributed by atoms with van der Waals surface area (Å²) in [6.45, 7) is 0.577. The van der Waals surface area contributed by atoms with Gasteiger partial charge in [0.1, 0.15) is 0 Å². The van der Waals surface area contributed by atoms with Crippen LogP contribution in [0.25, 0.3) is 0 Å². The van der Waals surface area contributed by atoms with Gasteiger partial charge in [0.2, 0.25) is 0 Å². The number of nitrogens with zero attached hydrogens (tertiary/aromatic N) is 2. The van der Waals surface area contributed by atoms with Gasteiger partial charge >= 0.3 is 0 Å². The first kappa shape index (κ1) is 10.0. The van der Waals surface area contributed by atoms with E-state index in [0.29, 0.717) is 18.8 Å². The summed E-state index contributed by atoms with van der Waals surface area (Å²) in [6, 6.07) is 0.322. The average Bonchev–Trinajstić information content (AvgIpc) is 2.67. The lowest BCUT2D eigenvalue weighted by Crippen LogP contribution is -2.32. The lowest BCUT2D eigenvalue weighted by Gasteiger charge is -2.26. The molecular formula is C9H15N3OS. The zero-order valence-corrected chi connectivity index (χ0v) is 8.87. The van der Waals surface area contributed by atoms with Crippen molar-refractivity contribution in [3.8, 4) is 0 Å². The Morgan fingerprint density at radius 3 is 3.21 bits per heavy atom. The van der Waals surface area contributed by atoms with E-state index in [0.717, 1.165) is 25.0 Å². The SMILES string of the molecule is NC1CCCC(OCc2cnsn2)C1. The van der Waals surface area contributed by atoms with E-state index in [9.17, 15) is 0 Å². The van der Waals surface area contributed by atoms with Crippen LogP contribution in [0.1, 0.15) is 31.4 Å². The summed E-state index contributed by atoms with van der Waals surface area (Å²) >= 11 is 1.22. The molecule has 0 bridgehead atoms. The maximum atomic E-state index is 5.87. The molecule has 1 saturated carbocycles. The van der Waals surface area contributed by atoms with Crippen LogP contribution in [0.5, 0.6) is 0 Å². The van der Waals surface area contributed by atoms with Crippen LogP contribution in [0.15, 0.2) is 6.20 Å². The minimum Gasteiger partial charge on any atom is -0.372 e. The van der Waals surface area contributed by atoms with E-state index in [4.69, 9.17) is 10.5 Å². The lowest BCUT2D eigenvalue weighted by molar-refractivity contribution is 0.0110. The highest BCUT2D eigenvalue weighted by Crippen LogP contribution is 2.20. The van der Waals surface area contributed by atoms with Crippen molar-refractivity contribution >= 4 is 11.7 Å². The Bertz CT molecular complexity index is 265. The van der Waals surface area contributed by atoms with Gasteiger partial charge in [-0.15, -0.1) is 0 Å². The molecule has 1 aliphatic carbocycles. The molecule has 1 fully saturated rings. The normalized spacial score (nSPS) is 27.8. The van der Waals surface area contributed by atoms with Crippen LogP contribution in [-0.2, 0) is 11.3 Å². The molecule has 2 atom stereocenters. The molecule has 1 aromatic heterocycles. The van der Waals surface area contributed by atoms with Crippen LogP contribution >= 0.6 is 11.7 Å². The molecule has 2 N–H and O–H groups in total. The molecule has 5 heteroatoms. The molecule has 2 unspecified atom stereocenters. The van der Waals surface area contributed by atoms with Crippen LogP contribution in [0.3, 0.4) is 0 Å². The maximum Gasteiger partial charge on any atom is 0.1000 e. The molecule has 1 aliphatic rings. The van der Waals surface area contributed by atoms with Crippen molar-refractivity contribution in [3.05, 3.63) is 11.9 Å². The van der Waals surface area contributed by atoms with E-state index >= 15 is 0 Å². The van der Waals surface area contributed by atoms with Gasteiger partial charge in [-0.2, -0.15) is 8.75 Å². The van der Waals surface area contributed by atoms with Crippen molar-refractivity contribution in [2.24, 2.45) is 5.73 Å². The third-order valence-corrected chi connectivity index (χ3v) is 3.06. The second kappa shape index (κ2) is 4.82. The molecule has 1 heterocycles. The molecule has 2 rings (SSSR count). The molecule has 0 aromatic carbocycles. The minimum atomic E-state index is 0.320. The smallest absolute Gasteiger partial charge is 0.1000 e. The predicted molar refractivity (Wildman–Crippen MR) is 54.9 cm³/mol. The third-order valence-electron chi connectivity index (χ3n) is 2.54. The molecule has 78 valence electrons. The van der Waals surface area contributed by atoms with Gasteiger partial charge in [0.15, 0.2) is 0 Å². The monoisotopic (exact) mass is 213 g/mol. The first-order valence-corrected chi connectivity index (χ1v) is 5.71. The van der Waals surface area contributed by atoms with Gasteiger partial charge in [0.25, 0.3) is 0 Å². The standard InChI is InChI=1S/C9H15N3OS/c10-7-2-1-3-9(4-7)13-6-8-5-11-14-12-8/h5,7,9H,1-4,6,10H2. The zero-order valence-electron chi connectivity index (χ0n) is 8.06. The summed E-state index contributed by atoms with van der Waals surface area (Å²) in [5.41, 5.74) is 6.79. The van der Waals surface area contributed by atoms with E-state index in [1.165, 1.54) is 18.1 Å². The molecule has 1 aromatic rings. The van der Waals surface area contributed by atoms with Crippen molar-refractivity contribution in [2.75, 3.05) is 0 Å². The fourth-order valence-electron chi connectivity index (χ4n) is 1.78. The summed E-state index contributed by atoms with van der Waals surface area (Å²) in [6.07, 6.45) is 6.51. The van der Waals surface area contributed by atoms with E-state index in [1.807, 2.05) is 0 Å². The molecule has 0 saturated heterocycles. The molecular weight excluding hydrogens is 198 g/mol. The van der Waals surface area contributed by atoms with Crippen molar-refractivity contribution in [3.63, 3.8) is 0 Å². The predicted octanol–water partition coefficient (Wildman–Crippen LogP) is 1.32. The maximum absolute atomic E-state index is 5.87. The Kier molecular flexibility index (Phi) is 3.44. The van der Waals surface area contributed by atoms with E-state index in [-0.39, 0.29) is 0 Å². The van der Waals surface area contributed by atoms with Crippen molar-refractivity contribution in [2.45, 2.75) is 44.4 Å². The van der Waals surface area contributed by atoms with Gasteiger partial charge in [-0.1, -0.05) is 0 Å². The van der Waals surface area contributed by atoms with E-state index in [2.05, 4.69) is 8.75 Å². The number of hydrogen-bond donors (Lipinski definition) is 1. The Labute approximate surface area is 87.8 Å². The van der Waals surface area contributed by atoms with Gasteiger partial charge in [0.05, 0.1) is 36.3 Å². The Morgan fingerprint density at radius 2 is 2.50 bits per heavy atom. The van der Waals surface area contributed by atoms with Gasteiger partial charge in [-0.25, -0.2) is 0 Å². The molecule has 4 nitrogen and oxygen atoms in total. The minimum absolute atomic E-state index is 0.320. The van der Waals surface area contributed by atoms with Crippen LogP contribution < -0.4 is 5.73 Å². The first-order valence-electron chi connectivity index (χ1n) is 4.98. The largest absolute Gasteiger partial charge is 0.372 e. The van der Waals surface area contributed by atoms with Crippen LogP contribution in [0, 0.1) is 0 Å². The van der Waals surface area contributed by atoms with E-state index < -0.39 is 0 Å². The summed E-state index contributed by atoms with van der Waals surface area (Å²) in [5.74, 6) is 0. The summed E-state index contributed by atoms with van der Waals surface area (Å²) in [7, 11) is 0. The fraction of sp³-hybridized carbons (Fsp3) is 0.778. The first-order chi connectivity index (χ1) is 6.84. The third kappa shape index (κ3) is 2.73. The van der Waals surface area contributed by atoms with E-state index in [1.54, 1.807) is 6.20 Å². The topological polar surface area (TPSA) is 61.0 Å². The molecule has 0 amide bonds. The van der Waals surface area contributed by atoms with Crippen molar-refractivity contribution in [1.29, 1.82) is 0 Å². The second-order valence-electron chi connectivity index (χ2n) is 3.76. The number of hydrogen-bond acceptors (Lipinski definition) is 5. The zero-order chi connectivity index (χ0) is 9.80. The van der Waals surface area contributed by atoms with Gasteiger partial charge in [-0.3, -0.25) is 0 Å².